The Morgan fingerprint density at radius 2 is 2.14 bits per heavy atom. The molecule has 0 spiro atoms. The lowest BCUT2D eigenvalue weighted by Crippen LogP contribution is -2.13. The fraction of sp³-hybridized carbons (Fsp3) is 0.412. The Bertz CT molecular complexity index is 909. The van der Waals surface area contributed by atoms with Crippen molar-refractivity contribution in [1.82, 2.24) is 14.5 Å². The topological polar surface area (TPSA) is 59.9 Å². The number of hydrogen-bond acceptors (Lipinski definition) is 3. The van der Waals surface area contributed by atoms with E-state index in [-0.39, 0.29) is 5.69 Å². The van der Waals surface area contributed by atoms with E-state index in [2.05, 4.69) is 4.98 Å². The molecule has 0 radical (unpaired) electrons. The van der Waals surface area contributed by atoms with Crippen molar-refractivity contribution in [1.29, 1.82) is 0 Å². The molecular formula is C17H19N3O2. The number of ether oxygens (including phenoxy) is 1. The average Bonchev–Trinajstić information content (AvgIpc) is 3.13. The van der Waals surface area contributed by atoms with Gasteiger partial charge < -0.3 is 9.72 Å². The van der Waals surface area contributed by atoms with Crippen molar-refractivity contribution in [2.45, 2.75) is 31.3 Å². The summed E-state index contributed by atoms with van der Waals surface area (Å²) in [6.07, 6.45) is 3.37. The van der Waals surface area contributed by atoms with Crippen LogP contribution in [0.25, 0.3) is 21.9 Å². The lowest BCUT2D eigenvalue weighted by Gasteiger charge is -2.13. The molecule has 2 heterocycles. The number of pyridine rings is 1. The van der Waals surface area contributed by atoms with E-state index < -0.39 is 0 Å². The van der Waals surface area contributed by atoms with Crippen molar-refractivity contribution in [3.63, 3.8) is 0 Å². The van der Waals surface area contributed by atoms with Crippen LogP contribution in [0, 0.1) is 0 Å². The standard InChI is InChI=1S/C17H19N3O2/c1-20-16-14(10-7-8-11(9-10)22-2)18-13-6-4-3-5-12(13)15(16)19-17(20)21/h3-6,10-11H,7-9H2,1-2H3,(H,19,21). The molecule has 0 bridgehead atoms. The van der Waals surface area contributed by atoms with Crippen molar-refractivity contribution >= 4 is 21.9 Å². The number of aromatic amines is 1. The quantitative estimate of drug-likeness (QED) is 0.791. The number of fused-ring (bicyclic) bond motifs is 3. The van der Waals surface area contributed by atoms with Crippen LogP contribution >= 0.6 is 0 Å². The molecule has 3 aromatic rings. The van der Waals surface area contributed by atoms with Gasteiger partial charge in [-0.1, -0.05) is 18.2 Å². The van der Waals surface area contributed by atoms with Crippen LogP contribution in [0.2, 0.25) is 0 Å². The number of para-hydroxylation sites is 1. The van der Waals surface area contributed by atoms with Crippen molar-refractivity contribution < 1.29 is 4.74 Å². The highest BCUT2D eigenvalue weighted by Gasteiger charge is 2.29. The first-order valence-corrected chi connectivity index (χ1v) is 7.69. The van der Waals surface area contributed by atoms with Gasteiger partial charge in [-0.25, -0.2) is 4.79 Å². The summed E-state index contributed by atoms with van der Waals surface area (Å²) < 4.78 is 7.18. The molecule has 4 rings (SSSR count). The third-order valence-electron chi connectivity index (χ3n) is 4.87. The van der Waals surface area contributed by atoms with Crippen LogP contribution < -0.4 is 5.69 Å². The zero-order valence-electron chi connectivity index (χ0n) is 12.8. The Morgan fingerprint density at radius 1 is 1.32 bits per heavy atom. The fourth-order valence-electron chi connectivity index (χ4n) is 3.67. The molecule has 1 fully saturated rings. The largest absolute Gasteiger partial charge is 0.381 e. The van der Waals surface area contributed by atoms with Crippen LogP contribution in [0.1, 0.15) is 30.9 Å². The summed E-state index contributed by atoms with van der Waals surface area (Å²) >= 11 is 0. The van der Waals surface area contributed by atoms with E-state index in [9.17, 15) is 4.79 Å². The van der Waals surface area contributed by atoms with Gasteiger partial charge in [0, 0.05) is 25.5 Å². The van der Waals surface area contributed by atoms with Gasteiger partial charge in [-0.15, -0.1) is 0 Å². The second kappa shape index (κ2) is 4.95. The number of imidazole rings is 1. The van der Waals surface area contributed by atoms with Crippen molar-refractivity contribution in [2.75, 3.05) is 7.11 Å². The Hall–Kier alpha value is -2.14. The Balaban J connectivity index is 2.01. The highest BCUT2D eigenvalue weighted by molar-refractivity contribution is 6.03. The number of aromatic nitrogens is 3. The highest BCUT2D eigenvalue weighted by atomic mass is 16.5. The molecule has 0 amide bonds. The summed E-state index contributed by atoms with van der Waals surface area (Å²) in [4.78, 5) is 20.0. The highest BCUT2D eigenvalue weighted by Crippen LogP contribution is 2.38. The number of aryl methyl sites for hydroxylation is 1. The van der Waals surface area contributed by atoms with Gasteiger partial charge in [-0.05, 0) is 25.3 Å². The van der Waals surface area contributed by atoms with Gasteiger partial charge in [0.05, 0.1) is 28.3 Å². The molecule has 2 atom stereocenters. The second-order valence-electron chi connectivity index (χ2n) is 6.09. The maximum atomic E-state index is 12.1. The van der Waals surface area contributed by atoms with Gasteiger partial charge in [0.25, 0.3) is 0 Å². The van der Waals surface area contributed by atoms with Crippen LogP contribution in [0.3, 0.4) is 0 Å². The minimum Gasteiger partial charge on any atom is -0.381 e. The molecule has 1 saturated carbocycles. The predicted octanol–water partition coefficient (Wildman–Crippen LogP) is 2.70. The van der Waals surface area contributed by atoms with Gasteiger partial charge in [-0.2, -0.15) is 0 Å². The Labute approximate surface area is 127 Å². The van der Waals surface area contributed by atoms with E-state index in [4.69, 9.17) is 9.72 Å². The molecule has 1 aliphatic carbocycles. The van der Waals surface area contributed by atoms with Gasteiger partial charge in [0.1, 0.15) is 0 Å². The number of rotatable bonds is 2. The molecule has 1 aliphatic rings. The van der Waals surface area contributed by atoms with Crippen molar-refractivity contribution in [3.05, 3.63) is 40.4 Å². The first-order chi connectivity index (χ1) is 10.7. The van der Waals surface area contributed by atoms with E-state index in [0.29, 0.717) is 12.0 Å². The molecular weight excluding hydrogens is 278 g/mol. The predicted molar refractivity (Wildman–Crippen MR) is 86.2 cm³/mol. The number of H-pyrrole nitrogens is 1. The average molecular weight is 297 g/mol. The minimum absolute atomic E-state index is 0.0873. The monoisotopic (exact) mass is 297 g/mol. The number of nitrogens with zero attached hydrogens (tertiary/aromatic N) is 2. The molecule has 1 aromatic carbocycles. The third-order valence-corrected chi connectivity index (χ3v) is 4.87. The Morgan fingerprint density at radius 3 is 2.91 bits per heavy atom. The first-order valence-electron chi connectivity index (χ1n) is 7.69. The molecule has 0 saturated heterocycles. The summed E-state index contributed by atoms with van der Waals surface area (Å²) in [7, 11) is 3.58. The number of benzene rings is 1. The molecule has 2 unspecified atom stereocenters. The minimum atomic E-state index is -0.0873. The summed E-state index contributed by atoms with van der Waals surface area (Å²) in [5.41, 5.74) is 3.71. The van der Waals surface area contributed by atoms with Crippen LogP contribution in [0.4, 0.5) is 0 Å². The second-order valence-corrected chi connectivity index (χ2v) is 6.09. The van der Waals surface area contributed by atoms with E-state index in [1.807, 2.05) is 31.3 Å². The van der Waals surface area contributed by atoms with Crippen LogP contribution in [0.5, 0.6) is 0 Å². The molecule has 1 N–H and O–H groups in total. The van der Waals surface area contributed by atoms with E-state index in [1.165, 1.54) is 0 Å². The SMILES string of the molecule is COC1CCC(c2nc3ccccc3c3[nH]c(=O)n(C)c23)C1. The summed E-state index contributed by atoms with van der Waals surface area (Å²) in [5, 5.41) is 1.00. The van der Waals surface area contributed by atoms with Crippen LogP contribution in [-0.2, 0) is 11.8 Å². The van der Waals surface area contributed by atoms with Crippen molar-refractivity contribution in [2.24, 2.45) is 7.05 Å². The lowest BCUT2D eigenvalue weighted by atomic mass is 10.00. The molecule has 5 nitrogen and oxygen atoms in total. The summed E-state index contributed by atoms with van der Waals surface area (Å²) in [5.74, 6) is 0.346. The van der Waals surface area contributed by atoms with Gasteiger partial charge >= 0.3 is 5.69 Å². The smallest absolute Gasteiger partial charge is 0.326 e. The number of hydrogen-bond donors (Lipinski definition) is 1. The molecule has 2 aromatic heterocycles. The van der Waals surface area contributed by atoms with E-state index in [0.717, 1.165) is 46.9 Å². The van der Waals surface area contributed by atoms with Gasteiger partial charge in [0.15, 0.2) is 0 Å². The summed E-state index contributed by atoms with van der Waals surface area (Å²) in [6.45, 7) is 0. The maximum absolute atomic E-state index is 12.1. The zero-order valence-corrected chi connectivity index (χ0v) is 12.8. The Kier molecular flexibility index (Phi) is 3.04. The summed E-state index contributed by atoms with van der Waals surface area (Å²) in [6, 6.07) is 7.98. The zero-order chi connectivity index (χ0) is 15.3. The third kappa shape index (κ3) is 1.89. The van der Waals surface area contributed by atoms with Crippen molar-refractivity contribution in [3.8, 4) is 0 Å². The molecule has 5 heteroatoms. The first kappa shape index (κ1) is 13.5. The van der Waals surface area contributed by atoms with Gasteiger partial charge in [-0.3, -0.25) is 9.55 Å². The van der Waals surface area contributed by atoms with E-state index in [1.54, 1.807) is 11.7 Å². The van der Waals surface area contributed by atoms with E-state index >= 15 is 0 Å². The normalized spacial score (nSPS) is 21.9. The van der Waals surface area contributed by atoms with Crippen LogP contribution in [0.15, 0.2) is 29.1 Å². The van der Waals surface area contributed by atoms with Crippen LogP contribution in [-0.4, -0.2) is 27.7 Å². The lowest BCUT2D eigenvalue weighted by molar-refractivity contribution is 0.108. The fourth-order valence-corrected chi connectivity index (χ4v) is 3.67. The number of nitrogens with one attached hydrogen (secondary N) is 1. The molecule has 0 aliphatic heterocycles. The number of methoxy groups -OCH3 is 1. The molecule has 22 heavy (non-hydrogen) atoms. The maximum Gasteiger partial charge on any atom is 0.326 e. The molecule has 114 valence electrons. The van der Waals surface area contributed by atoms with Gasteiger partial charge in [0.2, 0.25) is 0 Å².